The lowest BCUT2D eigenvalue weighted by Crippen LogP contribution is -2.53. The lowest BCUT2D eigenvalue weighted by molar-refractivity contribution is -0.131. The van der Waals surface area contributed by atoms with E-state index in [2.05, 4.69) is 42.5 Å². The van der Waals surface area contributed by atoms with E-state index >= 15 is 0 Å². The van der Waals surface area contributed by atoms with Crippen LogP contribution in [0.25, 0.3) is 0 Å². The second kappa shape index (κ2) is 5.05. The number of Topliss-reactive ketones (excluding diaryl/α,β-unsaturated/α-hetero) is 1. The Morgan fingerprint density at radius 1 is 1.14 bits per heavy atom. The molecule has 0 bridgehead atoms. The molecular weight excluding hydrogens is 387 g/mol. The molecule has 0 aromatic carbocycles. The molecule has 0 heterocycles. The van der Waals surface area contributed by atoms with Crippen LogP contribution in [0.1, 0.15) is 58.8 Å². The van der Waals surface area contributed by atoms with E-state index in [0.29, 0.717) is 27.5 Å². The van der Waals surface area contributed by atoms with Gasteiger partial charge in [-0.05, 0) is 61.7 Å². The van der Waals surface area contributed by atoms with Crippen LogP contribution in [0, 0.1) is 28.6 Å². The van der Waals surface area contributed by atoms with Crippen molar-refractivity contribution in [3.8, 4) is 0 Å². The molecule has 3 heteroatoms. The average Bonchev–Trinajstić information content (AvgIpc) is 2.77. The van der Waals surface area contributed by atoms with Crippen LogP contribution in [-0.2, 0) is 4.79 Å². The molecule has 0 amide bonds. The summed E-state index contributed by atoms with van der Waals surface area (Å²) in [5.41, 5.74) is 1.75. The van der Waals surface area contributed by atoms with Gasteiger partial charge in [0.25, 0.3) is 0 Å². The predicted octanol–water partition coefficient (Wildman–Crippen LogP) is 4.29. The van der Waals surface area contributed by atoms with Crippen molar-refractivity contribution in [3.63, 3.8) is 0 Å². The van der Waals surface area contributed by atoms with Crippen LogP contribution in [0.5, 0.6) is 0 Å². The van der Waals surface area contributed by atoms with Crippen molar-refractivity contribution in [2.75, 3.05) is 0 Å². The van der Waals surface area contributed by atoms with Crippen molar-refractivity contribution < 1.29 is 9.90 Å². The summed E-state index contributed by atoms with van der Waals surface area (Å²) < 4.78 is 0.534. The first-order valence-electron chi connectivity index (χ1n) is 8.93. The molecule has 3 saturated carbocycles. The Hall–Kier alpha value is 0.1000. The number of carbonyl (C=O) groups excluding carboxylic acids is 1. The van der Waals surface area contributed by atoms with E-state index in [-0.39, 0.29) is 16.9 Å². The molecule has 122 valence electrons. The molecule has 2 unspecified atom stereocenters. The minimum atomic E-state index is -0.138. The smallest absolute Gasteiger partial charge is 0.139 e. The van der Waals surface area contributed by atoms with E-state index in [9.17, 15) is 9.90 Å². The van der Waals surface area contributed by atoms with Gasteiger partial charge in [0.05, 0.1) is 6.10 Å². The molecule has 4 rings (SSSR count). The van der Waals surface area contributed by atoms with Gasteiger partial charge in [-0.3, -0.25) is 4.79 Å². The first kappa shape index (κ1) is 15.6. The second-order valence-corrected chi connectivity index (χ2v) is 10.1. The topological polar surface area (TPSA) is 37.3 Å². The maximum Gasteiger partial charge on any atom is 0.139 e. The van der Waals surface area contributed by atoms with Gasteiger partial charge in [0.2, 0.25) is 0 Å². The van der Waals surface area contributed by atoms with E-state index in [1.807, 2.05) is 0 Å². The highest BCUT2D eigenvalue weighted by Crippen LogP contribution is 2.64. The molecule has 4 aliphatic carbocycles. The van der Waals surface area contributed by atoms with E-state index < -0.39 is 0 Å². The normalized spacial score (nSPS) is 54.3. The predicted molar refractivity (Wildman–Crippen MR) is 95.9 cm³/mol. The van der Waals surface area contributed by atoms with Crippen LogP contribution in [0.4, 0.5) is 0 Å². The number of ketones is 1. The third-order valence-electron chi connectivity index (χ3n) is 7.77. The minimum absolute atomic E-state index is 0.0412. The van der Waals surface area contributed by atoms with Gasteiger partial charge in [-0.1, -0.05) is 48.1 Å². The number of alkyl halides is 1. The summed E-state index contributed by atoms with van der Waals surface area (Å²) in [5, 5.41) is 10.1. The molecule has 4 aliphatic rings. The van der Waals surface area contributed by atoms with E-state index in [1.165, 1.54) is 12.0 Å². The van der Waals surface area contributed by atoms with Gasteiger partial charge in [-0.15, -0.1) is 0 Å². The molecule has 0 spiro atoms. The van der Waals surface area contributed by atoms with Crippen LogP contribution >= 0.6 is 22.6 Å². The number of hydrogen-bond acceptors (Lipinski definition) is 2. The fourth-order valence-corrected chi connectivity index (χ4v) is 7.79. The zero-order valence-corrected chi connectivity index (χ0v) is 15.8. The van der Waals surface area contributed by atoms with Crippen LogP contribution in [0.3, 0.4) is 0 Å². The van der Waals surface area contributed by atoms with Crippen molar-refractivity contribution in [3.05, 3.63) is 11.6 Å². The Morgan fingerprint density at radius 3 is 2.59 bits per heavy atom. The Kier molecular flexibility index (Phi) is 3.58. The van der Waals surface area contributed by atoms with Gasteiger partial charge in [0.15, 0.2) is 0 Å². The molecule has 7 atom stereocenters. The molecule has 0 aliphatic heterocycles. The number of hydrogen-bond donors (Lipinski definition) is 1. The van der Waals surface area contributed by atoms with Crippen molar-refractivity contribution >= 4 is 28.4 Å². The number of fused-ring (bicyclic) bond motifs is 5. The van der Waals surface area contributed by atoms with Crippen LogP contribution < -0.4 is 0 Å². The van der Waals surface area contributed by atoms with Crippen molar-refractivity contribution in [2.24, 2.45) is 28.6 Å². The summed E-state index contributed by atoms with van der Waals surface area (Å²) in [5.74, 6) is 2.49. The van der Waals surface area contributed by atoms with Crippen molar-refractivity contribution in [1.29, 1.82) is 0 Å². The SMILES string of the molecule is C[C@]12CCC(O)CC1=CC(I)[C@@H]1[C@H]2CC[C@]2(C)C(=O)CC[C@@H]12. The molecule has 22 heavy (non-hydrogen) atoms. The number of allylic oxidation sites excluding steroid dienone is 1. The fourth-order valence-electron chi connectivity index (χ4n) is 6.36. The molecule has 0 aromatic rings. The van der Waals surface area contributed by atoms with Crippen LogP contribution in [0.15, 0.2) is 11.6 Å². The van der Waals surface area contributed by atoms with Crippen molar-refractivity contribution in [1.82, 2.24) is 0 Å². The number of halogens is 1. The second-order valence-electron chi connectivity index (χ2n) is 8.66. The monoisotopic (exact) mass is 414 g/mol. The van der Waals surface area contributed by atoms with Gasteiger partial charge >= 0.3 is 0 Å². The summed E-state index contributed by atoms with van der Waals surface area (Å²) in [4.78, 5) is 12.5. The summed E-state index contributed by atoms with van der Waals surface area (Å²) in [7, 11) is 0. The zero-order valence-electron chi connectivity index (χ0n) is 13.6. The van der Waals surface area contributed by atoms with Gasteiger partial charge in [-0.2, -0.15) is 0 Å². The standard InChI is InChI=1S/C19H27IO2/c1-18-7-5-12(21)9-11(18)10-15(20)17-13-3-4-16(22)19(13,2)8-6-14(17)18/h10,12-15,17,21H,3-9H2,1-2H3/t12?,13-,14+,15?,17-,18-,19-/m0/s1. The highest BCUT2D eigenvalue weighted by Gasteiger charge is 2.60. The third kappa shape index (κ3) is 1.96. The Morgan fingerprint density at radius 2 is 1.82 bits per heavy atom. The summed E-state index contributed by atoms with van der Waals surface area (Å²) in [6.45, 7) is 4.70. The van der Waals surface area contributed by atoms with Crippen LogP contribution in [-0.4, -0.2) is 20.9 Å². The molecule has 0 aromatic heterocycles. The summed E-state index contributed by atoms with van der Waals surface area (Å²) >= 11 is 2.61. The summed E-state index contributed by atoms with van der Waals surface area (Å²) in [6.07, 6.45) is 9.49. The Bertz CT molecular complexity index is 542. The molecule has 2 nitrogen and oxygen atoms in total. The fraction of sp³-hybridized carbons (Fsp3) is 0.842. The summed E-state index contributed by atoms with van der Waals surface area (Å²) in [6, 6.07) is 0. The van der Waals surface area contributed by atoms with Gasteiger partial charge in [0, 0.05) is 15.8 Å². The lowest BCUT2D eigenvalue weighted by Gasteiger charge is -2.58. The molecule has 0 saturated heterocycles. The Labute approximate surface area is 147 Å². The first-order valence-corrected chi connectivity index (χ1v) is 10.2. The first-order chi connectivity index (χ1) is 10.4. The van der Waals surface area contributed by atoms with Crippen LogP contribution in [0.2, 0.25) is 0 Å². The largest absolute Gasteiger partial charge is 0.393 e. The minimum Gasteiger partial charge on any atom is -0.393 e. The average molecular weight is 414 g/mol. The van der Waals surface area contributed by atoms with Gasteiger partial charge in [-0.25, -0.2) is 0 Å². The van der Waals surface area contributed by atoms with Gasteiger partial charge < -0.3 is 5.11 Å². The molecule has 0 radical (unpaired) electrons. The quantitative estimate of drug-likeness (QED) is 0.365. The van der Waals surface area contributed by atoms with E-state index in [4.69, 9.17) is 0 Å². The Balaban J connectivity index is 1.75. The van der Waals surface area contributed by atoms with Gasteiger partial charge in [0.1, 0.15) is 5.78 Å². The number of aliphatic hydroxyl groups is 1. The molecular formula is C19H27IO2. The maximum atomic E-state index is 12.5. The lowest BCUT2D eigenvalue weighted by atomic mass is 9.48. The molecule has 3 fully saturated rings. The van der Waals surface area contributed by atoms with E-state index in [0.717, 1.165) is 38.5 Å². The third-order valence-corrected chi connectivity index (χ3v) is 8.96. The number of rotatable bonds is 0. The van der Waals surface area contributed by atoms with E-state index in [1.54, 1.807) is 0 Å². The highest BCUT2D eigenvalue weighted by atomic mass is 127. The molecule has 1 N–H and O–H groups in total. The number of carbonyl (C=O) groups is 1. The maximum absolute atomic E-state index is 12.5. The number of aliphatic hydroxyl groups excluding tert-OH is 1. The van der Waals surface area contributed by atoms with Crippen molar-refractivity contribution in [2.45, 2.75) is 68.8 Å². The highest BCUT2D eigenvalue weighted by molar-refractivity contribution is 14.1. The zero-order chi connectivity index (χ0) is 15.7.